The minimum Gasteiger partial charge on any atom is -0.252 e. The molecule has 2 rings (SSSR count). The largest absolute Gasteiger partial charge is 0.252 e. The van der Waals surface area contributed by atoms with Gasteiger partial charge in [0.05, 0.1) is 5.69 Å². The summed E-state index contributed by atoms with van der Waals surface area (Å²) in [6, 6.07) is 8.58. The standard InChI is InChI=1S/C29H48N3PS2/c1-27(2,3)17-18-28(4,5)15-8-16-29(6,7)19-20-32-21-24(30-31-32)11-14-26(33)35-25-12-9-23(22-34)10-13-25/h9-10,12-13,21,33-34H,8,11,14-20,22H2,1-7H3. The van der Waals surface area contributed by atoms with Crippen LogP contribution in [0.15, 0.2) is 35.4 Å². The second kappa shape index (κ2) is 13.7. The number of nitrogens with zero attached hydrogens (tertiary/aromatic N) is 3. The zero-order chi connectivity index (χ0) is 26.1. The molecule has 35 heavy (non-hydrogen) atoms. The number of thioether (sulfide) groups is 1. The smallest absolute Gasteiger partial charge is 0.0830 e. The molecule has 196 valence electrons. The fourth-order valence-corrected chi connectivity index (χ4v) is 5.54. The Kier molecular flexibility index (Phi) is 11.9. The molecule has 0 aliphatic rings. The van der Waals surface area contributed by atoms with Crippen LogP contribution in [0.5, 0.6) is 0 Å². The van der Waals surface area contributed by atoms with Crippen LogP contribution in [0.3, 0.4) is 0 Å². The first-order valence-corrected chi connectivity index (χ1v) is 15.1. The van der Waals surface area contributed by atoms with E-state index in [1.165, 1.54) is 47.2 Å². The van der Waals surface area contributed by atoms with Crippen molar-refractivity contribution in [3.8, 4) is 0 Å². The Hall–Kier alpha value is -0.770. The van der Waals surface area contributed by atoms with E-state index in [1.807, 2.05) is 4.68 Å². The minimum absolute atomic E-state index is 0.321. The highest BCUT2D eigenvalue weighted by molar-refractivity contribution is 8.17. The molecule has 6 heteroatoms. The summed E-state index contributed by atoms with van der Waals surface area (Å²) in [5, 5.41) is 8.81. The summed E-state index contributed by atoms with van der Waals surface area (Å²) >= 11 is 6.09. The molecule has 1 heterocycles. The number of hydrogen-bond acceptors (Lipinski definition) is 4. The molecule has 0 amide bonds. The van der Waals surface area contributed by atoms with Crippen LogP contribution < -0.4 is 0 Å². The molecular weight excluding hydrogens is 485 g/mol. The summed E-state index contributed by atoms with van der Waals surface area (Å²) in [6.07, 6.45) is 11.6. The van der Waals surface area contributed by atoms with Crippen molar-refractivity contribution in [3.05, 3.63) is 41.7 Å². The molecule has 0 aliphatic heterocycles. The Morgan fingerprint density at radius 3 is 2.14 bits per heavy atom. The van der Waals surface area contributed by atoms with Gasteiger partial charge in [-0.15, -0.1) is 14.0 Å². The third-order valence-corrected chi connectivity index (χ3v) is 8.70. The number of rotatable bonds is 15. The van der Waals surface area contributed by atoms with Gasteiger partial charge in [-0.05, 0) is 78.9 Å². The van der Waals surface area contributed by atoms with Crippen LogP contribution in [0.25, 0.3) is 0 Å². The van der Waals surface area contributed by atoms with Gasteiger partial charge in [0.2, 0.25) is 0 Å². The second-order valence-corrected chi connectivity index (χ2v) is 15.2. The van der Waals surface area contributed by atoms with Gasteiger partial charge in [0.1, 0.15) is 0 Å². The van der Waals surface area contributed by atoms with Gasteiger partial charge < -0.3 is 0 Å². The lowest BCUT2D eigenvalue weighted by atomic mass is 9.75. The van der Waals surface area contributed by atoms with Gasteiger partial charge in [0.25, 0.3) is 0 Å². The third-order valence-electron chi connectivity index (χ3n) is 6.82. The van der Waals surface area contributed by atoms with Gasteiger partial charge in [0.15, 0.2) is 0 Å². The van der Waals surface area contributed by atoms with Gasteiger partial charge in [-0.25, -0.2) is 0 Å². The average Bonchev–Trinajstić information content (AvgIpc) is 3.23. The number of hydrogen-bond donors (Lipinski definition) is 1. The molecule has 0 unspecified atom stereocenters. The molecule has 1 aromatic carbocycles. The first-order valence-electron chi connectivity index (χ1n) is 13.1. The van der Waals surface area contributed by atoms with Crippen molar-refractivity contribution < 1.29 is 0 Å². The van der Waals surface area contributed by atoms with Crippen LogP contribution in [-0.2, 0) is 18.7 Å². The highest BCUT2D eigenvalue weighted by atomic mass is 32.2. The molecule has 0 radical (unpaired) electrons. The zero-order valence-corrected chi connectivity index (χ0v) is 25.9. The number of thiol groups is 1. The van der Waals surface area contributed by atoms with E-state index < -0.39 is 0 Å². The normalized spacial score (nSPS) is 12.8. The van der Waals surface area contributed by atoms with Crippen molar-refractivity contribution in [1.82, 2.24) is 15.0 Å². The highest BCUT2D eigenvalue weighted by Gasteiger charge is 2.24. The van der Waals surface area contributed by atoms with Crippen LogP contribution in [0.4, 0.5) is 0 Å². The maximum Gasteiger partial charge on any atom is 0.0830 e. The van der Waals surface area contributed by atoms with Crippen molar-refractivity contribution >= 4 is 37.9 Å². The van der Waals surface area contributed by atoms with E-state index in [2.05, 4.69) is 111 Å². The van der Waals surface area contributed by atoms with Crippen LogP contribution in [-0.4, -0.2) is 19.6 Å². The van der Waals surface area contributed by atoms with E-state index in [1.54, 1.807) is 11.8 Å². The summed E-state index contributed by atoms with van der Waals surface area (Å²) in [5.74, 6) is 0.776. The molecule has 0 aliphatic carbocycles. The predicted octanol–water partition coefficient (Wildman–Crippen LogP) is 9.14. The molecule has 0 atom stereocenters. The molecule has 0 bridgehead atoms. The van der Waals surface area contributed by atoms with Crippen LogP contribution in [0.2, 0.25) is 0 Å². The predicted molar refractivity (Wildman–Crippen MR) is 161 cm³/mol. The lowest BCUT2D eigenvalue weighted by Crippen LogP contribution is -2.19. The van der Waals surface area contributed by atoms with Gasteiger partial charge >= 0.3 is 0 Å². The molecule has 0 N–H and O–H groups in total. The SMILES string of the molecule is CC(C)(C)CCC(C)(C)CCCC(C)(C)CCn1cc(CCC(=P)Sc2ccc(CS)cc2)nn1. The lowest BCUT2D eigenvalue weighted by Gasteiger charge is -2.31. The molecule has 0 fully saturated rings. The molecule has 2 aromatic rings. The van der Waals surface area contributed by atoms with Gasteiger partial charge in [0, 0.05) is 28.0 Å². The maximum absolute atomic E-state index is 4.41. The van der Waals surface area contributed by atoms with E-state index in [9.17, 15) is 0 Å². The molecule has 3 nitrogen and oxygen atoms in total. The topological polar surface area (TPSA) is 30.7 Å². The van der Waals surface area contributed by atoms with Gasteiger partial charge in [-0.2, -0.15) is 12.6 Å². The molecule has 0 spiro atoms. The molecule has 0 saturated carbocycles. The summed E-state index contributed by atoms with van der Waals surface area (Å²) in [6.45, 7) is 17.7. The fourth-order valence-electron chi connectivity index (χ4n) is 4.09. The maximum atomic E-state index is 4.41. The van der Waals surface area contributed by atoms with Crippen LogP contribution >= 0.6 is 33.3 Å². The Balaban J connectivity index is 1.70. The average molecular weight is 534 g/mol. The van der Waals surface area contributed by atoms with Crippen molar-refractivity contribution in [1.29, 1.82) is 0 Å². The summed E-state index contributed by atoms with van der Waals surface area (Å²) < 4.78 is 3.24. The van der Waals surface area contributed by atoms with Gasteiger partial charge in [-0.3, -0.25) is 4.68 Å². The van der Waals surface area contributed by atoms with E-state index in [0.717, 1.165) is 37.3 Å². The Morgan fingerprint density at radius 2 is 1.54 bits per heavy atom. The molecular formula is C29H48N3PS2. The number of benzene rings is 1. The fraction of sp³-hybridized carbons (Fsp3) is 0.690. The number of aryl methyl sites for hydroxylation is 2. The highest BCUT2D eigenvalue weighted by Crippen LogP contribution is 2.36. The molecule has 0 saturated heterocycles. The van der Waals surface area contributed by atoms with E-state index in [-0.39, 0.29) is 0 Å². The van der Waals surface area contributed by atoms with Gasteiger partial charge in [-0.1, -0.05) is 84.0 Å². The van der Waals surface area contributed by atoms with E-state index in [4.69, 9.17) is 0 Å². The monoisotopic (exact) mass is 533 g/mol. The minimum atomic E-state index is 0.321. The molecule has 1 aromatic heterocycles. The van der Waals surface area contributed by atoms with Crippen LogP contribution in [0.1, 0.15) is 105 Å². The Bertz CT molecular complexity index is 911. The Morgan fingerprint density at radius 1 is 0.914 bits per heavy atom. The third kappa shape index (κ3) is 12.8. The second-order valence-electron chi connectivity index (χ2n) is 12.8. The first kappa shape index (κ1) is 30.5. The van der Waals surface area contributed by atoms with Crippen molar-refractivity contribution in [2.75, 3.05) is 0 Å². The quantitative estimate of drug-likeness (QED) is 0.141. The van der Waals surface area contributed by atoms with E-state index >= 15 is 0 Å². The van der Waals surface area contributed by atoms with Crippen molar-refractivity contribution in [3.63, 3.8) is 0 Å². The zero-order valence-electron chi connectivity index (χ0n) is 23.2. The lowest BCUT2D eigenvalue weighted by molar-refractivity contribution is 0.210. The summed E-state index contributed by atoms with van der Waals surface area (Å²) in [5.41, 5.74) is 3.49. The summed E-state index contributed by atoms with van der Waals surface area (Å²) in [7, 11) is 3.79. The van der Waals surface area contributed by atoms with Crippen molar-refractivity contribution in [2.45, 2.75) is 117 Å². The number of aromatic nitrogens is 3. The van der Waals surface area contributed by atoms with Crippen LogP contribution in [0, 0.1) is 16.2 Å². The van der Waals surface area contributed by atoms with Crippen molar-refractivity contribution in [2.24, 2.45) is 16.2 Å². The van der Waals surface area contributed by atoms with E-state index in [0.29, 0.717) is 16.2 Å². The Labute approximate surface area is 227 Å². The first-order chi connectivity index (χ1) is 16.3. The summed E-state index contributed by atoms with van der Waals surface area (Å²) in [4.78, 5) is 1.24.